The molecule has 0 amide bonds. The summed E-state index contributed by atoms with van der Waals surface area (Å²) in [5.74, 6) is 1.77. The minimum Gasteiger partial charge on any atom is -0.383 e. The van der Waals surface area contributed by atoms with Crippen molar-refractivity contribution in [3.63, 3.8) is 0 Å². The molecule has 0 unspecified atom stereocenters. The first-order valence-electron chi connectivity index (χ1n) is 6.52. The predicted molar refractivity (Wildman–Crippen MR) is 75.5 cm³/mol. The molecule has 0 aromatic rings. The summed E-state index contributed by atoms with van der Waals surface area (Å²) in [5.41, 5.74) is 0. The van der Waals surface area contributed by atoms with Crippen LogP contribution in [0.25, 0.3) is 0 Å². The second kappa shape index (κ2) is 11.7. The van der Waals surface area contributed by atoms with E-state index in [4.69, 9.17) is 4.74 Å². The van der Waals surface area contributed by atoms with Gasteiger partial charge in [0.05, 0.1) is 6.61 Å². The molecule has 0 aliphatic carbocycles. The van der Waals surface area contributed by atoms with Crippen LogP contribution in [0.1, 0.15) is 39.5 Å². The number of hydrogen-bond acceptors (Lipinski definition) is 3. The average molecular weight is 247 g/mol. The maximum Gasteiger partial charge on any atom is 0.0589 e. The Labute approximate surface area is 107 Å². The van der Waals surface area contributed by atoms with Gasteiger partial charge in [-0.1, -0.05) is 26.7 Å². The summed E-state index contributed by atoms with van der Waals surface area (Å²) in [6, 6.07) is 0. The molecule has 0 aliphatic heterocycles. The fourth-order valence-electron chi connectivity index (χ4n) is 1.83. The summed E-state index contributed by atoms with van der Waals surface area (Å²) in [6.07, 6.45) is 5.22. The Morgan fingerprint density at radius 2 is 1.75 bits per heavy atom. The van der Waals surface area contributed by atoms with Crippen LogP contribution in [0, 0.1) is 5.92 Å². The third-order valence-corrected chi connectivity index (χ3v) is 2.93. The van der Waals surface area contributed by atoms with Gasteiger partial charge in [-0.25, -0.2) is 0 Å². The van der Waals surface area contributed by atoms with Crippen LogP contribution in [-0.2, 0) is 4.74 Å². The van der Waals surface area contributed by atoms with Crippen molar-refractivity contribution in [2.45, 2.75) is 39.5 Å². The number of methoxy groups -OCH3 is 1. The van der Waals surface area contributed by atoms with Gasteiger partial charge in [0.15, 0.2) is 0 Å². The highest BCUT2D eigenvalue weighted by atomic mass is 32.1. The van der Waals surface area contributed by atoms with Crippen LogP contribution in [0.4, 0.5) is 0 Å². The third kappa shape index (κ3) is 10.8. The van der Waals surface area contributed by atoms with Crippen molar-refractivity contribution < 1.29 is 4.74 Å². The number of unbranched alkanes of at least 4 members (excludes halogenated alkanes) is 3. The van der Waals surface area contributed by atoms with Crippen LogP contribution < -0.4 is 0 Å². The first-order valence-corrected chi connectivity index (χ1v) is 7.16. The van der Waals surface area contributed by atoms with E-state index in [0.717, 1.165) is 24.8 Å². The summed E-state index contributed by atoms with van der Waals surface area (Å²) in [5, 5.41) is 0. The van der Waals surface area contributed by atoms with Crippen LogP contribution in [0.3, 0.4) is 0 Å². The summed E-state index contributed by atoms with van der Waals surface area (Å²) >= 11 is 4.23. The summed E-state index contributed by atoms with van der Waals surface area (Å²) in [7, 11) is 1.78. The lowest BCUT2D eigenvalue weighted by molar-refractivity contribution is 0.138. The molecule has 16 heavy (non-hydrogen) atoms. The summed E-state index contributed by atoms with van der Waals surface area (Å²) in [6.45, 7) is 8.88. The molecule has 0 fully saturated rings. The molecule has 3 heteroatoms. The molecular weight excluding hydrogens is 218 g/mol. The van der Waals surface area contributed by atoms with Gasteiger partial charge in [0.1, 0.15) is 0 Å². The van der Waals surface area contributed by atoms with Gasteiger partial charge in [-0.2, -0.15) is 12.6 Å². The zero-order chi connectivity index (χ0) is 12.2. The zero-order valence-corrected chi connectivity index (χ0v) is 12.1. The minimum atomic E-state index is 0.745. The van der Waals surface area contributed by atoms with Crippen molar-refractivity contribution in [1.29, 1.82) is 0 Å². The molecule has 0 N–H and O–H groups in total. The van der Waals surface area contributed by atoms with Crippen molar-refractivity contribution in [2.75, 3.05) is 39.1 Å². The maximum atomic E-state index is 5.15. The molecule has 0 saturated heterocycles. The number of thiol groups is 1. The van der Waals surface area contributed by atoms with E-state index in [0.29, 0.717) is 0 Å². The average Bonchev–Trinajstić information content (AvgIpc) is 2.24. The SMILES string of the molecule is COCCN(CCCCCCS)CC(C)C. The molecule has 0 heterocycles. The van der Waals surface area contributed by atoms with Gasteiger partial charge >= 0.3 is 0 Å². The van der Waals surface area contributed by atoms with Crippen LogP contribution in [0.5, 0.6) is 0 Å². The normalized spacial score (nSPS) is 11.6. The van der Waals surface area contributed by atoms with Gasteiger partial charge in [0.25, 0.3) is 0 Å². The third-order valence-electron chi connectivity index (χ3n) is 2.62. The van der Waals surface area contributed by atoms with Crippen molar-refractivity contribution in [3.8, 4) is 0 Å². The van der Waals surface area contributed by atoms with E-state index in [1.54, 1.807) is 7.11 Å². The fraction of sp³-hybridized carbons (Fsp3) is 1.00. The predicted octanol–water partition coefficient (Wildman–Crippen LogP) is 3.08. The molecule has 0 rings (SSSR count). The van der Waals surface area contributed by atoms with Crippen LogP contribution in [0.2, 0.25) is 0 Å². The van der Waals surface area contributed by atoms with Gasteiger partial charge in [-0.3, -0.25) is 0 Å². The Morgan fingerprint density at radius 3 is 2.31 bits per heavy atom. The van der Waals surface area contributed by atoms with Crippen LogP contribution >= 0.6 is 12.6 Å². The first-order chi connectivity index (χ1) is 7.70. The number of hydrogen-bond donors (Lipinski definition) is 1. The van der Waals surface area contributed by atoms with E-state index in [9.17, 15) is 0 Å². The van der Waals surface area contributed by atoms with E-state index in [2.05, 4.69) is 31.4 Å². The molecule has 0 spiro atoms. The second-order valence-corrected chi connectivity index (χ2v) is 5.27. The molecule has 0 saturated carbocycles. The van der Waals surface area contributed by atoms with Gasteiger partial charge in [-0.05, 0) is 31.1 Å². The molecule has 0 bridgehead atoms. The van der Waals surface area contributed by atoms with Gasteiger partial charge in [0, 0.05) is 20.2 Å². The molecule has 0 aromatic carbocycles. The molecule has 0 atom stereocenters. The molecular formula is C13H29NOS. The van der Waals surface area contributed by atoms with E-state index in [-0.39, 0.29) is 0 Å². The topological polar surface area (TPSA) is 12.5 Å². The molecule has 0 aromatic heterocycles. The summed E-state index contributed by atoms with van der Waals surface area (Å²) in [4.78, 5) is 2.52. The summed E-state index contributed by atoms with van der Waals surface area (Å²) < 4.78 is 5.15. The maximum absolute atomic E-state index is 5.15. The minimum absolute atomic E-state index is 0.745. The Hall–Kier alpha value is 0.270. The van der Waals surface area contributed by atoms with Crippen molar-refractivity contribution >= 4 is 12.6 Å². The van der Waals surface area contributed by atoms with Crippen molar-refractivity contribution in [2.24, 2.45) is 5.92 Å². The number of rotatable bonds is 11. The smallest absolute Gasteiger partial charge is 0.0589 e. The molecule has 0 radical (unpaired) electrons. The monoisotopic (exact) mass is 247 g/mol. The standard InChI is InChI=1S/C13H29NOS/c1-13(2)12-14(9-10-15-3)8-6-4-5-7-11-16/h13,16H,4-12H2,1-3H3. The number of nitrogens with zero attached hydrogens (tertiary/aromatic N) is 1. The molecule has 2 nitrogen and oxygen atoms in total. The first kappa shape index (κ1) is 16.3. The Balaban J connectivity index is 3.56. The highest BCUT2D eigenvalue weighted by Gasteiger charge is 2.06. The quantitative estimate of drug-likeness (QED) is 0.445. The van der Waals surface area contributed by atoms with E-state index in [1.807, 2.05) is 0 Å². The second-order valence-electron chi connectivity index (χ2n) is 4.83. The Bertz CT molecular complexity index is 142. The molecule has 0 aliphatic rings. The highest BCUT2D eigenvalue weighted by molar-refractivity contribution is 7.80. The highest BCUT2D eigenvalue weighted by Crippen LogP contribution is 2.05. The zero-order valence-electron chi connectivity index (χ0n) is 11.2. The van der Waals surface area contributed by atoms with E-state index in [1.165, 1.54) is 38.8 Å². The fourth-order valence-corrected chi connectivity index (χ4v) is 2.06. The van der Waals surface area contributed by atoms with Crippen LogP contribution in [0.15, 0.2) is 0 Å². The van der Waals surface area contributed by atoms with Gasteiger partial charge < -0.3 is 9.64 Å². The molecule has 98 valence electrons. The Morgan fingerprint density at radius 1 is 1.06 bits per heavy atom. The van der Waals surface area contributed by atoms with Crippen molar-refractivity contribution in [3.05, 3.63) is 0 Å². The van der Waals surface area contributed by atoms with Crippen molar-refractivity contribution in [1.82, 2.24) is 4.90 Å². The van der Waals surface area contributed by atoms with Crippen LogP contribution in [-0.4, -0.2) is 44.0 Å². The Kier molecular flexibility index (Phi) is 11.9. The number of ether oxygens (including phenoxy) is 1. The van der Waals surface area contributed by atoms with E-state index < -0.39 is 0 Å². The lowest BCUT2D eigenvalue weighted by Crippen LogP contribution is -2.32. The van der Waals surface area contributed by atoms with Gasteiger partial charge in [-0.15, -0.1) is 0 Å². The van der Waals surface area contributed by atoms with Gasteiger partial charge in [0.2, 0.25) is 0 Å². The lowest BCUT2D eigenvalue weighted by Gasteiger charge is -2.23. The van der Waals surface area contributed by atoms with E-state index >= 15 is 0 Å². The lowest BCUT2D eigenvalue weighted by atomic mass is 10.1. The largest absolute Gasteiger partial charge is 0.383 e.